The highest BCUT2D eigenvalue weighted by Gasteiger charge is 2.13. The maximum atomic E-state index is 13.7. The number of hydrogen-bond acceptors (Lipinski definition) is 3. The van der Waals surface area contributed by atoms with E-state index in [0.717, 1.165) is 11.4 Å². The lowest BCUT2D eigenvalue weighted by Crippen LogP contribution is -2.04. The number of aryl methyl sites for hydroxylation is 4. The second-order valence-electron chi connectivity index (χ2n) is 4.17. The highest BCUT2D eigenvalue weighted by atomic mass is 35.5. The average Bonchev–Trinajstić information content (AvgIpc) is 2.67. The van der Waals surface area contributed by atoms with Crippen molar-refractivity contribution in [3.05, 3.63) is 29.0 Å². The number of anilines is 1. The third-order valence-electron chi connectivity index (χ3n) is 2.71. The molecule has 2 aromatic rings. The van der Waals surface area contributed by atoms with Gasteiger partial charge in [0.05, 0.1) is 5.69 Å². The van der Waals surface area contributed by atoms with Crippen LogP contribution in [0.4, 0.5) is 10.2 Å². The maximum absolute atomic E-state index is 13.7. The van der Waals surface area contributed by atoms with Gasteiger partial charge in [0.1, 0.15) is 0 Å². The van der Waals surface area contributed by atoms with Gasteiger partial charge in [-0.25, -0.2) is 4.68 Å². The molecular formula is C11H17ClFN5. The molecule has 7 heteroatoms. The lowest BCUT2D eigenvalue weighted by molar-refractivity contribution is 0.496. The summed E-state index contributed by atoms with van der Waals surface area (Å²) in [6.45, 7) is 4.15. The Balaban J connectivity index is 0.00000162. The fraction of sp³-hybridized carbons (Fsp3) is 0.455. The van der Waals surface area contributed by atoms with Gasteiger partial charge in [0.25, 0.3) is 0 Å². The average molecular weight is 274 g/mol. The molecule has 0 spiro atoms. The van der Waals surface area contributed by atoms with Crippen LogP contribution in [0.25, 0.3) is 0 Å². The predicted octanol–water partition coefficient (Wildman–Crippen LogP) is 1.94. The highest BCUT2D eigenvalue weighted by Crippen LogP contribution is 2.15. The second-order valence-corrected chi connectivity index (χ2v) is 4.17. The van der Waals surface area contributed by atoms with E-state index < -0.39 is 0 Å². The van der Waals surface area contributed by atoms with Gasteiger partial charge in [-0.2, -0.15) is 14.6 Å². The Bertz CT molecular complexity index is 546. The molecule has 0 aliphatic heterocycles. The molecule has 0 saturated heterocycles. The molecule has 100 valence electrons. The Labute approximate surface area is 111 Å². The van der Waals surface area contributed by atoms with E-state index in [1.807, 2.05) is 20.2 Å². The zero-order chi connectivity index (χ0) is 12.6. The Kier molecular flexibility index (Phi) is 4.34. The summed E-state index contributed by atoms with van der Waals surface area (Å²) in [7, 11) is 3.45. The molecule has 0 aromatic carbocycles. The van der Waals surface area contributed by atoms with Gasteiger partial charge < -0.3 is 5.32 Å². The number of nitrogens with one attached hydrogen (secondary N) is 1. The maximum Gasteiger partial charge on any atom is 0.216 e. The summed E-state index contributed by atoms with van der Waals surface area (Å²) in [5.74, 6) is 0.471. The zero-order valence-electron chi connectivity index (χ0n) is 10.9. The van der Waals surface area contributed by atoms with Crippen LogP contribution in [0.2, 0.25) is 0 Å². The molecule has 18 heavy (non-hydrogen) atoms. The number of aromatic nitrogens is 4. The quantitative estimate of drug-likeness (QED) is 0.930. The molecule has 0 aliphatic carbocycles. The fourth-order valence-corrected chi connectivity index (χ4v) is 1.83. The summed E-state index contributed by atoms with van der Waals surface area (Å²) in [6, 6.07) is 0. The van der Waals surface area contributed by atoms with Crippen molar-refractivity contribution in [1.82, 2.24) is 19.6 Å². The minimum Gasteiger partial charge on any atom is -0.364 e. The second kappa shape index (κ2) is 5.39. The van der Waals surface area contributed by atoms with Crippen molar-refractivity contribution < 1.29 is 4.39 Å². The van der Waals surface area contributed by atoms with E-state index in [9.17, 15) is 4.39 Å². The van der Waals surface area contributed by atoms with E-state index in [2.05, 4.69) is 15.5 Å². The van der Waals surface area contributed by atoms with Gasteiger partial charge in [0.2, 0.25) is 5.95 Å². The molecule has 0 unspecified atom stereocenters. The van der Waals surface area contributed by atoms with Gasteiger partial charge in [-0.3, -0.25) is 4.68 Å². The largest absolute Gasteiger partial charge is 0.364 e. The highest BCUT2D eigenvalue weighted by molar-refractivity contribution is 5.85. The SMILES string of the molecule is Cc1cn(C)nc1NCc1c(C)nn(C)c1F.Cl. The molecule has 0 atom stereocenters. The van der Waals surface area contributed by atoms with Crippen molar-refractivity contribution in [3.63, 3.8) is 0 Å². The first-order chi connectivity index (χ1) is 7.99. The molecule has 2 aromatic heterocycles. The Morgan fingerprint density at radius 3 is 2.39 bits per heavy atom. The van der Waals surface area contributed by atoms with Crippen molar-refractivity contribution in [3.8, 4) is 0 Å². The van der Waals surface area contributed by atoms with Crippen molar-refractivity contribution in [2.24, 2.45) is 14.1 Å². The summed E-state index contributed by atoms with van der Waals surface area (Å²) in [4.78, 5) is 0. The number of hydrogen-bond donors (Lipinski definition) is 1. The number of halogens is 2. The standard InChI is InChI=1S/C11H16FN5.ClH/c1-7-6-16(3)15-11(7)13-5-9-8(2)14-17(4)10(9)12;/h6H,5H2,1-4H3,(H,13,15);1H. The summed E-state index contributed by atoms with van der Waals surface area (Å²) < 4.78 is 16.6. The summed E-state index contributed by atoms with van der Waals surface area (Å²) in [5.41, 5.74) is 2.32. The summed E-state index contributed by atoms with van der Waals surface area (Å²) in [6.07, 6.45) is 1.91. The molecule has 0 saturated carbocycles. The Morgan fingerprint density at radius 2 is 1.94 bits per heavy atom. The van der Waals surface area contributed by atoms with Gasteiger partial charge in [0.15, 0.2) is 5.82 Å². The topological polar surface area (TPSA) is 47.7 Å². The molecule has 2 heterocycles. The van der Waals surface area contributed by atoms with Crippen molar-refractivity contribution >= 4 is 18.2 Å². The van der Waals surface area contributed by atoms with Gasteiger partial charge in [-0.15, -0.1) is 12.4 Å². The van der Waals surface area contributed by atoms with E-state index in [1.165, 1.54) is 4.68 Å². The van der Waals surface area contributed by atoms with E-state index in [4.69, 9.17) is 0 Å². The first-order valence-corrected chi connectivity index (χ1v) is 5.41. The molecular weight excluding hydrogens is 257 g/mol. The summed E-state index contributed by atoms with van der Waals surface area (Å²) in [5, 5.41) is 11.4. The minimum absolute atomic E-state index is 0. The zero-order valence-corrected chi connectivity index (χ0v) is 11.7. The molecule has 5 nitrogen and oxygen atoms in total. The smallest absolute Gasteiger partial charge is 0.216 e. The lowest BCUT2D eigenvalue weighted by Gasteiger charge is -2.03. The van der Waals surface area contributed by atoms with Gasteiger partial charge in [0, 0.05) is 38.0 Å². The van der Waals surface area contributed by atoms with Crippen LogP contribution in [-0.4, -0.2) is 19.6 Å². The number of nitrogens with zero attached hydrogens (tertiary/aromatic N) is 4. The van der Waals surface area contributed by atoms with Crippen LogP contribution in [0.5, 0.6) is 0 Å². The molecule has 2 rings (SSSR count). The fourth-order valence-electron chi connectivity index (χ4n) is 1.83. The van der Waals surface area contributed by atoms with Gasteiger partial charge >= 0.3 is 0 Å². The third kappa shape index (κ3) is 2.64. The van der Waals surface area contributed by atoms with Crippen LogP contribution in [0.1, 0.15) is 16.8 Å². The Hall–Kier alpha value is -1.56. The van der Waals surface area contributed by atoms with Crippen LogP contribution in [-0.2, 0) is 20.6 Å². The van der Waals surface area contributed by atoms with E-state index in [1.54, 1.807) is 18.7 Å². The first kappa shape index (κ1) is 14.5. The predicted molar refractivity (Wildman–Crippen MR) is 70.4 cm³/mol. The molecule has 0 fully saturated rings. The minimum atomic E-state index is -0.302. The normalized spacial score (nSPS) is 10.3. The number of rotatable bonds is 3. The summed E-state index contributed by atoms with van der Waals surface area (Å²) >= 11 is 0. The molecule has 0 aliphatic rings. The van der Waals surface area contributed by atoms with Crippen LogP contribution in [0.3, 0.4) is 0 Å². The Morgan fingerprint density at radius 1 is 1.28 bits per heavy atom. The van der Waals surface area contributed by atoms with Gasteiger partial charge in [-0.1, -0.05) is 0 Å². The molecule has 1 N–H and O–H groups in total. The monoisotopic (exact) mass is 273 g/mol. The van der Waals surface area contributed by atoms with E-state index >= 15 is 0 Å². The van der Waals surface area contributed by atoms with Crippen molar-refractivity contribution in [2.45, 2.75) is 20.4 Å². The lowest BCUT2D eigenvalue weighted by atomic mass is 10.2. The van der Waals surface area contributed by atoms with Crippen LogP contribution >= 0.6 is 12.4 Å². The van der Waals surface area contributed by atoms with Crippen molar-refractivity contribution in [2.75, 3.05) is 5.32 Å². The van der Waals surface area contributed by atoms with E-state index in [-0.39, 0.29) is 18.4 Å². The third-order valence-corrected chi connectivity index (χ3v) is 2.71. The van der Waals surface area contributed by atoms with E-state index in [0.29, 0.717) is 17.8 Å². The first-order valence-electron chi connectivity index (χ1n) is 5.41. The van der Waals surface area contributed by atoms with Crippen LogP contribution in [0.15, 0.2) is 6.20 Å². The molecule has 0 amide bonds. The molecule has 0 bridgehead atoms. The van der Waals surface area contributed by atoms with Crippen LogP contribution in [0, 0.1) is 19.8 Å². The molecule has 0 radical (unpaired) electrons. The van der Waals surface area contributed by atoms with Gasteiger partial charge in [-0.05, 0) is 13.8 Å². The van der Waals surface area contributed by atoms with Crippen LogP contribution < -0.4 is 5.32 Å². The van der Waals surface area contributed by atoms with Crippen molar-refractivity contribution in [1.29, 1.82) is 0 Å².